The molecule has 2 heterocycles. The van der Waals surface area contributed by atoms with Gasteiger partial charge in [0.05, 0.1) is 0 Å². The molecule has 74 valence electrons. The minimum Gasteiger partial charge on any atom is -0.316 e. The van der Waals surface area contributed by atoms with Crippen molar-refractivity contribution in [1.82, 2.24) is 5.32 Å². The molecule has 2 bridgehead atoms. The van der Waals surface area contributed by atoms with Crippen LogP contribution in [0.2, 0.25) is 0 Å². The minimum atomic E-state index is -0.0868. The molecule has 0 radical (unpaired) electrons. The lowest BCUT2D eigenvalue weighted by Gasteiger charge is -2.26. The van der Waals surface area contributed by atoms with Crippen LogP contribution in [0, 0.1) is 5.82 Å². The fraction of sp³-hybridized carbons (Fsp3) is 0.500. The lowest BCUT2D eigenvalue weighted by molar-refractivity contribution is 0.540. The van der Waals surface area contributed by atoms with E-state index in [1.807, 2.05) is 6.07 Å². The second-order valence-corrected chi connectivity index (χ2v) is 4.40. The van der Waals surface area contributed by atoms with Gasteiger partial charge in [-0.2, -0.15) is 0 Å². The number of nitrogens with one attached hydrogen (secondary N) is 1. The lowest BCUT2D eigenvalue weighted by Crippen LogP contribution is -2.18. The van der Waals surface area contributed by atoms with Crippen LogP contribution in [-0.4, -0.2) is 13.1 Å². The second-order valence-electron chi connectivity index (χ2n) is 4.40. The van der Waals surface area contributed by atoms with E-state index in [0.717, 1.165) is 13.1 Å². The molecular weight excluding hydrogens is 177 g/mol. The van der Waals surface area contributed by atoms with Gasteiger partial charge in [-0.3, -0.25) is 0 Å². The lowest BCUT2D eigenvalue weighted by atomic mass is 9.78. The topological polar surface area (TPSA) is 12.0 Å². The number of benzene rings is 1. The summed E-state index contributed by atoms with van der Waals surface area (Å²) in [6.45, 7) is 2.09. The third-order valence-electron chi connectivity index (χ3n) is 3.57. The monoisotopic (exact) mass is 191 g/mol. The van der Waals surface area contributed by atoms with Crippen LogP contribution in [0.25, 0.3) is 0 Å². The van der Waals surface area contributed by atoms with Crippen molar-refractivity contribution in [1.29, 1.82) is 0 Å². The zero-order valence-corrected chi connectivity index (χ0v) is 8.09. The van der Waals surface area contributed by atoms with Gasteiger partial charge in [-0.1, -0.05) is 6.07 Å². The molecule has 4 rings (SSSR count). The molecule has 2 atom stereocenters. The molecule has 1 aliphatic carbocycles. The Balaban J connectivity index is 2.15. The molecule has 1 aromatic rings. The molecule has 0 amide bonds. The van der Waals surface area contributed by atoms with Crippen molar-refractivity contribution in [2.75, 3.05) is 13.1 Å². The fourth-order valence-corrected chi connectivity index (χ4v) is 2.84. The molecule has 1 fully saturated rings. The van der Waals surface area contributed by atoms with Crippen molar-refractivity contribution < 1.29 is 4.39 Å². The highest BCUT2D eigenvalue weighted by atomic mass is 19.1. The molecule has 14 heavy (non-hydrogen) atoms. The molecule has 0 saturated carbocycles. The molecule has 0 aromatic heterocycles. The maximum absolute atomic E-state index is 13.1. The Morgan fingerprint density at radius 3 is 2.57 bits per heavy atom. The maximum atomic E-state index is 13.1. The van der Waals surface area contributed by atoms with Gasteiger partial charge in [-0.25, -0.2) is 4.39 Å². The Bertz CT molecular complexity index is 357. The van der Waals surface area contributed by atoms with E-state index in [9.17, 15) is 4.39 Å². The van der Waals surface area contributed by atoms with Crippen LogP contribution >= 0.6 is 0 Å². The SMILES string of the molecule is Fc1ccc2c(c1)C1CCC2CNC1. The van der Waals surface area contributed by atoms with Gasteiger partial charge in [0.1, 0.15) is 5.82 Å². The van der Waals surface area contributed by atoms with E-state index in [1.165, 1.54) is 24.0 Å². The van der Waals surface area contributed by atoms with Crippen LogP contribution in [0.1, 0.15) is 35.8 Å². The largest absolute Gasteiger partial charge is 0.316 e. The Morgan fingerprint density at radius 1 is 1.07 bits per heavy atom. The summed E-state index contributed by atoms with van der Waals surface area (Å²) in [5, 5.41) is 3.45. The molecule has 1 nitrogen and oxygen atoms in total. The maximum Gasteiger partial charge on any atom is 0.123 e. The first-order chi connectivity index (χ1) is 6.84. The number of rotatable bonds is 0. The predicted octanol–water partition coefficient (Wildman–Crippen LogP) is 2.39. The standard InChI is InChI=1S/C12H14FN/c13-10-3-4-11-8-1-2-9(7-14-6-8)12(11)5-10/h3-5,8-9,14H,1-2,6-7H2. The molecule has 1 N–H and O–H groups in total. The molecule has 2 heteroatoms. The Morgan fingerprint density at radius 2 is 1.79 bits per heavy atom. The van der Waals surface area contributed by atoms with E-state index in [-0.39, 0.29) is 5.82 Å². The van der Waals surface area contributed by atoms with Crippen LogP contribution in [0.5, 0.6) is 0 Å². The third kappa shape index (κ3) is 1.17. The van der Waals surface area contributed by atoms with E-state index in [1.54, 1.807) is 12.1 Å². The normalized spacial score (nSPS) is 29.8. The van der Waals surface area contributed by atoms with Crippen LogP contribution in [0.15, 0.2) is 18.2 Å². The summed E-state index contributed by atoms with van der Waals surface area (Å²) in [7, 11) is 0. The smallest absolute Gasteiger partial charge is 0.123 e. The van der Waals surface area contributed by atoms with Crippen LogP contribution < -0.4 is 5.32 Å². The van der Waals surface area contributed by atoms with Gasteiger partial charge in [-0.05, 0) is 47.9 Å². The number of halogens is 1. The predicted molar refractivity (Wildman–Crippen MR) is 54.0 cm³/mol. The summed E-state index contributed by atoms with van der Waals surface area (Å²) in [6, 6.07) is 5.31. The van der Waals surface area contributed by atoms with Crippen molar-refractivity contribution in [3.05, 3.63) is 35.1 Å². The van der Waals surface area contributed by atoms with E-state index in [0.29, 0.717) is 11.8 Å². The number of hydrogen-bond acceptors (Lipinski definition) is 1. The molecular formula is C12H14FN. The highest BCUT2D eigenvalue weighted by Crippen LogP contribution is 2.40. The first-order valence-electron chi connectivity index (χ1n) is 5.34. The number of hydrogen-bond donors (Lipinski definition) is 1. The Kier molecular flexibility index (Phi) is 1.84. The molecule has 0 spiro atoms. The number of fused-ring (bicyclic) bond motifs is 3. The molecule has 1 saturated heterocycles. The van der Waals surface area contributed by atoms with Crippen molar-refractivity contribution >= 4 is 0 Å². The third-order valence-corrected chi connectivity index (χ3v) is 3.57. The summed E-state index contributed by atoms with van der Waals surface area (Å²) in [6.07, 6.45) is 2.48. The van der Waals surface area contributed by atoms with Crippen LogP contribution in [-0.2, 0) is 0 Å². The van der Waals surface area contributed by atoms with Gasteiger partial charge in [0.15, 0.2) is 0 Å². The Labute approximate surface area is 83.3 Å². The van der Waals surface area contributed by atoms with Gasteiger partial charge in [0.2, 0.25) is 0 Å². The van der Waals surface area contributed by atoms with Crippen molar-refractivity contribution in [3.8, 4) is 0 Å². The second kappa shape index (κ2) is 3.06. The van der Waals surface area contributed by atoms with Gasteiger partial charge < -0.3 is 5.32 Å². The summed E-state index contributed by atoms with van der Waals surface area (Å²) < 4.78 is 13.1. The summed E-state index contributed by atoms with van der Waals surface area (Å²) in [5.41, 5.74) is 2.64. The average molecular weight is 191 g/mol. The minimum absolute atomic E-state index is 0.0868. The van der Waals surface area contributed by atoms with Crippen molar-refractivity contribution in [2.45, 2.75) is 24.7 Å². The molecule has 2 unspecified atom stereocenters. The summed E-state index contributed by atoms with van der Waals surface area (Å²) in [5.74, 6) is 1.07. The van der Waals surface area contributed by atoms with Gasteiger partial charge in [0, 0.05) is 13.1 Å². The quantitative estimate of drug-likeness (QED) is 0.664. The first-order valence-corrected chi connectivity index (χ1v) is 5.34. The zero-order valence-electron chi connectivity index (χ0n) is 8.09. The molecule has 3 aliphatic rings. The van der Waals surface area contributed by atoms with E-state index >= 15 is 0 Å². The summed E-state index contributed by atoms with van der Waals surface area (Å²) in [4.78, 5) is 0. The highest BCUT2D eigenvalue weighted by Gasteiger charge is 2.30. The van der Waals surface area contributed by atoms with Crippen LogP contribution in [0.3, 0.4) is 0 Å². The molecule has 2 aliphatic heterocycles. The van der Waals surface area contributed by atoms with E-state index in [2.05, 4.69) is 5.32 Å². The van der Waals surface area contributed by atoms with E-state index in [4.69, 9.17) is 0 Å². The fourth-order valence-electron chi connectivity index (χ4n) is 2.84. The van der Waals surface area contributed by atoms with Crippen molar-refractivity contribution in [2.24, 2.45) is 0 Å². The Hall–Kier alpha value is -0.890. The summed E-state index contributed by atoms with van der Waals surface area (Å²) >= 11 is 0. The zero-order chi connectivity index (χ0) is 9.54. The average Bonchev–Trinajstić information content (AvgIpc) is 2.51. The van der Waals surface area contributed by atoms with E-state index < -0.39 is 0 Å². The molecule has 1 aromatic carbocycles. The highest BCUT2D eigenvalue weighted by molar-refractivity contribution is 5.37. The van der Waals surface area contributed by atoms with Crippen LogP contribution in [0.4, 0.5) is 4.39 Å². The van der Waals surface area contributed by atoms with Gasteiger partial charge in [-0.15, -0.1) is 0 Å². The first kappa shape index (κ1) is 8.42. The van der Waals surface area contributed by atoms with Gasteiger partial charge >= 0.3 is 0 Å². The van der Waals surface area contributed by atoms with Gasteiger partial charge in [0.25, 0.3) is 0 Å². The van der Waals surface area contributed by atoms with Crippen molar-refractivity contribution in [3.63, 3.8) is 0 Å².